The first kappa shape index (κ1) is 43.0. The molecule has 2 aliphatic carbocycles. The number of hydrogen-bond acceptors (Lipinski definition) is 0. The molecule has 272 valence electrons. The van der Waals surface area contributed by atoms with Crippen molar-refractivity contribution in [3.8, 4) is 22.3 Å². The average Bonchev–Trinajstić information content (AvgIpc) is 3.66. The molecule has 0 spiro atoms. The second kappa shape index (κ2) is 17.5. The molecule has 9 rings (SSSR count). The van der Waals surface area contributed by atoms with Crippen molar-refractivity contribution in [2.24, 2.45) is 0 Å². The first-order chi connectivity index (χ1) is 26.3. The van der Waals surface area contributed by atoms with Crippen molar-refractivity contribution in [2.75, 3.05) is 0 Å². The molecule has 56 heavy (non-hydrogen) atoms. The van der Waals surface area contributed by atoms with Gasteiger partial charge in [0.15, 0.2) is 0 Å². The van der Waals surface area contributed by atoms with Crippen molar-refractivity contribution in [1.82, 2.24) is 0 Å². The number of fused-ring (bicyclic) bond motifs is 4. The molecule has 0 heterocycles. The molecule has 2 atom stereocenters. The maximum absolute atomic E-state index is 2.89. The number of halogens is 2. The third-order valence-corrected chi connectivity index (χ3v) is 59.8. The summed E-state index contributed by atoms with van der Waals surface area (Å²) >= 11 is 1.36. The van der Waals surface area contributed by atoms with Crippen molar-refractivity contribution in [1.29, 1.82) is 0 Å². The summed E-state index contributed by atoms with van der Waals surface area (Å²) in [7, 11) is 0. The van der Waals surface area contributed by atoms with Gasteiger partial charge >= 0.3 is 378 Å². The first-order valence-corrected chi connectivity index (χ1v) is 33.9. The number of rotatable bonds is 9. The van der Waals surface area contributed by atoms with Gasteiger partial charge in [-0.2, -0.15) is 0 Å². The normalized spacial score (nSPS) is 19.1. The van der Waals surface area contributed by atoms with E-state index in [2.05, 4.69) is 184 Å². The zero-order valence-electron chi connectivity index (χ0n) is 31.8. The Labute approximate surface area is 397 Å². The molecular weight excluding hydrogens is 1050 g/mol. The van der Waals surface area contributed by atoms with Gasteiger partial charge in [-0.15, -0.1) is 24.8 Å². The van der Waals surface area contributed by atoms with Crippen molar-refractivity contribution >= 4 is 66.0 Å². The van der Waals surface area contributed by atoms with Crippen LogP contribution in [0.3, 0.4) is 0 Å². The Balaban J connectivity index is 0.00000240. The van der Waals surface area contributed by atoms with Crippen LogP contribution in [-0.4, -0.2) is 2.33 Å². The molecule has 0 radical (unpaired) electrons. The van der Waals surface area contributed by atoms with Crippen LogP contribution in [0.15, 0.2) is 163 Å². The van der Waals surface area contributed by atoms with Crippen molar-refractivity contribution in [3.63, 3.8) is 0 Å². The van der Waals surface area contributed by atoms with E-state index < -0.39 is 47.1 Å². The van der Waals surface area contributed by atoms with Gasteiger partial charge in [-0.3, -0.25) is 0 Å². The van der Waals surface area contributed by atoms with Gasteiger partial charge in [-0.05, 0) is 0 Å². The van der Waals surface area contributed by atoms with Gasteiger partial charge in [0.05, 0.1) is 0 Å². The zero-order chi connectivity index (χ0) is 37.1. The van der Waals surface area contributed by atoms with E-state index in [0.29, 0.717) is 0 Å². The first-order valence-electron chi connectivity index (χ1n) is 19.1. The molecule has 0 saturated heterocycles. The van der Waals surface area contributed by atoms with Gasteiger partial charge in [0.1, 0.15) is 0 Å². The van der Waals surface area contributed by atoms with E-state index in [9.17, 15) is 0 Å². The Bertz CT molecular complexity index is 2480. The van der Waals surface area contributed by atoms with Crippen molar-refractivity contribution in [2.45, 2.75) is 34.9 Å². The van der Waals surface area contributed by atoms with Crippen LogP contribution in [0.1, 0.15) is 48.9 Å². The van der Waals surface area contributed by atoms with Crippen molar-refractivity contribution in [3.05, 3.63) is 185 Å². The van der Waals surface area contributed by atoms with Crippen LogP contribution >= 0.6 is 24.8 Å². The molecule has 7 aromatic carbocycles. The SMILES string of the molecule is CCC1=Cc2c(-c3cccc4ccccc34)cccc2[C]1([Zr])[Zr][Si](C)([Zr][C]1([Zr])C(CC)=Cc2c(-c3cccc4ccccc34)cccc21)c1ccccc1.Cl.Cl. The largest absolute Gasteiger partial charge is 0.147 e. The van der Waals surface area contributed by atoms with Gasteiger partial charge in [0, 0.05) is 0 Å². The molecule has 0 amide bonds. The fraction of sp³-hybridized carbons (Fsp3) is 0.143. The molecule has 0 fully saturated rings. The maximum Gasteiger partial charge on any atom is -0.147 e. The summed E-state index contributed by atoms with van der Waals surface area (Å²) in [6.07, 6.45) is 7.61. The van der Waals surface area contributed by atoms with Crippen molar-refractivity contribution < 1.29 is 94.2 Å². The standard InChI is InChI=1S/2C21H16.C7H8Si.2ClH.4Zr/c2*1-2-15-13-17-9-6-12-20(21(17)14-15)19-11-5-8-16-7-3-4-10-18(16)19;1-8-7-5-3-2-4-6-7;;;;;;/h2*3-12,14H,2H2,1H3;2-6H,1H3;2*1H;;;;. The minimum Gasteiger partial charge on any atom is -0.147 e. The quantitative estimate of drug-likeness (QED) is 0.126. The Hall–Kier alpha value is -1.13. The maximum atomic E-state index is 2.89. The third kappa shape index (κ3) is 7.38. The van der Waals surface area contributed by atoms with Crippen LogP contribution in [0.5, 0.6) is 0 Å². The summed E-state index contributed by atoms with van der Waals surface area (Å²) < 4.78 is -1.32. The summed E-state index contributed by atoms with van der Waals surface area (Å²) in [6.45, 7) is 7.75. The second-order valence-electron chi connectivity index (χ2n) is 14.9. The van der Waals surface area contributed by atoms with Crippen LogP contribution in [0.2, 0.25) is 6.55 Å². The molecule has 0 bridgehead atoms. The van der Waals surface area contributed by atoms with Gasteiger partial charge < -0.3 is 0 Å². The molecule has 0 aliphatic heterocycles. The molecule has 0 saturated carbocycles. The molecule has 0 nitrogen and oxygen atoms in total. The molecule has 7 heteroatoms. The summed E-state index contributed by atoms with van der Waals surface area (Å²) in [5.41, 5.74) is 15.3. The van der Waals surface area contributed by atoms with Gasteiger partial charge in [-0.25, -0.2) is 0 Å². The van der Waals surface area contributed by atoms with E-state index in [1.54, 1.807) is 76.9 Å². The van der Waals surface area contributed by atoms with Crippen LogP contribution in [0, 0.1) is 0 Å². The number of allylic oxidation sites excluding steroid dienone is 2. The number of benzene rings is 7. The van der Waals surface area contributed by atoms with Gasteiger partial charge in [0.25, 0.3) is 0 Å². The fourth-order valence-electron chi connectivity index (χ4n) is 9.12. The summed E-state index contributed by atoms with van der Waals surface area (Å²) in [4.78, 5) is 0. The average molecular weight is 1090 g/mol. The molecule has 2 aliphatic rings. The Morgan fingerprint density at radius 2 is 0.839 bits per heavy atom. The predicted molar refractivity (Wildman–Crippen MR) is 231 cm³/mol. The Morgan fingerprint density at radius 3 is 1.29 bits per heavy atom. The van der Waals surface area contributed by atoms with E-state index >= 15 is 0 Å². The van der Waals surface area contributed by atoms with Crippen LogP contribution in [-0.2, 0) is 95.9 Å². The predicted octanol–water partition coefficient (Wildman–Crippen LogP) is 13.0. The fourth-order valence-corrected chi connectivity index (χ4v) is 105. The Morgan fingerprint density at radius 1 is 0.464 bits per heavy atom. The zero-order valence-corrected chi connectivity index (χ0v) is 44.3. The van der Waals surface area contributed by atoms with E-state index in [1.807, 2.05) is 0 Å². The third-order valence-electron chi connectivity index (χ3n) is 11.8. The molecule has 7 aromatic rings. The second-order valence-corrected chi connectivity index (χ2v) is 59.1. The Kier molecular flexibility index (Phi) is 13.4. The molecule has 2 unspecified atom stereocenters. The minimum absolute atomic E-state index is 0. The minimum atomic E-state index is -1.83. The van der Waals surface area contributed by atoms with Crippen LogP contribution in [0.4, 0.5) is 0 Å². The summed E-state index contributed by atoms with van der Waals surface area (Å²) in [5.74, 6) is 0. The van der Waals surface area contributed by atoms with E-state index in [1.165, 1.54) is 54.9 Å². The van der Waals surface area contributed by atoms with E-state index in [4.69, 9.17) is 0 Å². The summed E-state index contributed by atoms with van der Waals surface area (Å²) in [5, 5.41) is 7.11. The number of hydrogen-bond donors (Lipinski definition) is 0. The molecule has 0 N–H and O–H groups in total. The smallest absolute Gasteiger partial charge is 0.147 e. The molecular formula is C49H42Cl2SiZr4. The van der Waals surface area contributed by atoms with E-state index in [0.717, 1.165) is 12.8 Å². The van der Waals surface area contributed by atoms with Gasteiger partial charge in [0.2, 0.25) is 0 Å². The molecule has 0 aromatic heterocycles. The monoisotopic (exact) mass is 1090 g/mol. The topological polar surface area (TPSA) is 0 Å². The van der Waals surface area contributed by atoms with E-state index in [-0.39, 0.29) is 26.5 Å². The van der Waals surface area contributed by atoms with Gasteiger partial charge in [-0.1, -0.05) is 0 Å². The van der Waals surface area contributed by atoms with Crippen LogP contribution < -0.4 is 5.19 Å². The van der Waals surface area contributed by atoms with Crippen LogP contribution in [0.25, 0.3) is 56.0 Å². The summed E-state index contributed by atoms with van der Waals surface area (Å²) in [6, 6.07) is 58.3.